The van der Waals surface area contributed by atoms with Crippen molar-refractivity contribution in [3.8, 4) is 0 Å². The molecule has 0 radical (unpaired) electrons. The Bertz CT molecular complexity index is 535. The van der Waals surface area contributed by atoms with Crippen molar-refractivity contribution in [1.82, 2.24) is 0 Å². The highest BCUT2D eigenvalue weighted by molar-refractivity contribution is 7.60. The third-order valence-corrected chi connectivity index (χ3v) is 14.2. The Kier molecular flexibility index (Phi) is 3.47. The smallest absolute Gasteiger partial charge is 0.0161 e. The van der Waals surface area contributed by atoms with Crippen LogP contribution >= 0.6 is 7.92 Å². The lowest BCUT2D eigenvalue weighted by Crippen LogP contribution is -2.53. The quantitative estimate of drug-likeness (QED) is 0.493. The molecule has 140 valence electrons. The maximum absolute atomic E-state index is 2.64. The maximum atomic E-state index is 2.64. The molecular formula is C25H35P. The predicted octanol–water partition coefficient (Wildman–Crippen LogP) is 6.61. The van der Waals surface area contributed by atoms with Crippen molar-refractivity contribution in [2.45, 2.75) is 81.2 Å². The lowest BCUT2D eigenvalue weighted by atomic mass is 9.55. The summed E-state index contributed by atoms with van der Waals surface area (Å²) in [6.07, 6.45) is 26.3. The van der Waals surface area contributed by atoms with E-state index in [1.807, 2.05) is 0 Å². The lowest BCUT2D eigenvalue weighted by Gasteiger charge is -2.63. The molecule has 0 aromatic heterocycles. The second-order valence-corrected chi connectivity index (χ2v) is 14.2. The van der Waals surface area contributed by atoms with Gasteiger partial charge in [0.15, 0.2) is 0 Å². The monoisotopic (exact) mass is 366 g/mol. The summed E-state index contributed by atoms with van der Waals surface area (Å²) in [5.74, 6) is 9.10. The van der Waals surface area contributed by atoms with E-state index in [9.17, 15) is 0 Å². The molecule has 8 bridgehead atoms. The van der Waals surface area contributed by atoms with Crippen molar-refractivity contribution >= 4 is 7.92 Å². The van der Waals surface area contributed by atoms with Crippen LogP contribution in [-0.2, 0) is 0 Å². The second kappa shape index (κ2) is 5.72. The van der Waals surface area contributed by atoms with Crippen molar-refractivity contribution in [2.24, 2.45) is 47.3 Å². The summed E-state index contributed by atoms with van der Waals surface area (Å²) >= 11 is 0. The van der Waals surface area contributed by atoms with Gasteiger partial charge in [-0.1, -0.05) is 32.2 Å². The number of rotatable bonds is 3. The molecule has 1 heteroatoms. The van der Waals surface area contributed by atoms with Gasteiger partial charge in [-0.25, -0.2) is 0 Å². The Morgan fingerprint density at radius 2 is 0.808 bits per heavy atom. The lowest BCUT2D eigenvalue weighted by molar-refractivity contribution is 0.0128. The van der Waals surface area contributed by atoms with Crippen LogP contribution in [0.3, 0.4) is 0 Å². The molecule has 0 unspecified atom stereocenters. The topological polar surface area (TPSA) is 0 Å². The molecule has 0 atom stereocenters. The molecule has 0 heterocycles. The van der Waals surface area contributed by atoms with E-state index in [0.717, 1.165) is 64.3 Å². The Hall–Kier alpha value is -0.0900. The summed E-state index contributed by atoms with van der Waals surface area (Å²) in [5, 5.41) is 0. The van der Waals surface area contributed by atoms with E-state index < -0.39 is 0 Å². The molecule has 9 rings (SSSR count). The van der Waals surface area contributed by atoms with Crippen molar-refractivity contribution < 1.29 is 0 Å². The SMILES string of the molecule is C1=CC(P(C2C3CC4CC(C3)CC2C4)C2C3CC4CC(C3)CC2C4)C=C1. The van der Waals surface area contributed by atoms with Gasteiger partial charge in [0.1, 0.15) is 0 Å². The number of allylic oxidation sites excluding steroid dienone is 4. The Morgan fingerprint density at radius 3 is 1.15 bits per heavy atom. The fourth-order valence-corrected chi connectivity index (χ4v) is 14.7. The molecule has 0 aromatic rings. The molecule has 26 heavy (non-hydrogen) atoms. The highest BCUT2D eigenvalue weighted by Gasteiger charge is 2.57. The van der Waals surface area contributed by atoms with Crippen LogP contribution in [0.5, 0.6) is 0 Å². The first-order valence-electron chi connectivity index (χ1n) is 11.9. The largest absolute Gasteiger partial charge is 0.0882 e. The second-order valence-electron chi connectivity index (χ2n) is 11.6. The van der Waals surface area contributed by atoms with E-state index in [2.05, 4.69) is 24.3 Å². The van der Waals surface area contributed by atoms with E-state index >= 15 is 0 Å². The van der Waals surface area contributed by atoms with Crippen LogP contribution < -0.4 is 0 Å². The van der Waals surface area contributed by atoms with E-state index in [4.69, 9.17) is 0 Å². The van der Waals surface area contributed by atoms with Gasteiger partial charge in [0, 0.05) is 5.66 Å². The van der Waals surface area contributed by atoms with Gasteiger partial charge < -0.3 is 0 Å². The van der Waals surface area contributed by atoms with Gasteiger partial charge in [0.2, 0.25) is 0 Å². The minimum absolute atomic E-state index is 0.165. The Morgan fingerprint density at radius 1 is 0.462 bits per heavy atom. The molecule has 0 nitrogen and oxygen atoms in total. The highest BCUT2D eigenvalue weighted by atomic mass is 31.1. The Labute approximate surface area is 161 Å². The molecule has 8 fully saturated rings. The van der Waals surface area contributed by atoms with Gasteiger partial charge in [-0.3, -0.25) is 0 Å². The standard InChI is InChI=1S/C25H35P/c1-2-4-23(3-1)26(24-19-7-15-5-16(9-19)10-20(24)8-15)25-21-11-17-6-18(13-21)14-22(25)12-17/h1-4,15-25H,5-14H2. The van der Waals surface area contributed by atoms with Crippen molar-refractivity contribution in [3.05, 3.63) is 24.3 Å². The molecular weight excluding hydrogens is 331 g/mol. The fraction of sp³-hybridized carbons (Fsp3) is 0.840. The summed E-state index contributed by atoms with van der Waals surface area (Å²) in [6.45, 7) is 0. The van der Waals surface area contributed by atoms with E-state index in [1.165, 1.54) is 0 Å². The summed E-state index contributed by atoms with van der Waals surface area (Å²) in [5.41, 5.74) is 3.16. The van der Waals surface area contributed by atoms with Gasteiger partial charge in [-0.05, 0) is 123 Å². The average Bonchev–Trinajstić information content (AvgIpc) is 3.12. The van der Waals surface area contributed by atoms with E-state index in [0.29, 0.717) is 0 Å². The zero-order chi connectivity index (χ0) is 16.8. The van der Waals surface area contributed by atoms with Crippen LogP contribution in [0.2, 0.25) is 0 Å². The molecule has 8 saturated carbocycles. The van der Waals surface area contributed by atoms with Gasteiger partial charge in [0.25, 0.3) is 0 Å². The molecule has 9 aliphatic rings. The maximum Gasteiger partial charge on any atom is 0.0161 e. The van der Waals surface area contributed by atoms with Crippen molar-refractivity contribution in [1.29, 1.82) is 0 Å². The third-order valence-electron chi connectivity index (χ3n) is 10.1. The van der Waals surface area contributed by atoms with Crippen molar-refractivity contribution in [3.63, 3.8) is 0 Å². The number of hydrogen-bond acceptors (Lipinski definition) is 0. The van der Waals surface area contributed by atoms with Crippen LogP contribution in [0.1, 0.15) is 64.2 Å². The minimum Gasteiger partial charge on any atom is -0.0882 e. The van der Waals surface area contributed by atoms with Crippen LogP contribution in [0, 0.1) is 47.3 Å². The molecule has 0 N–H and O–H groups in total. The van der Waals surface area contributed by atoms with Crippen LogP contribution in [-0.4, -0.2) is 17.0 Å². The minimum atomic E-state index is 0.165. The normalized spacial score (nSPS) is 57.4. The van der Waals surface area contributed by atoms with Crippen LogP contribution in [0.4, 0.5) is 0 Å². The predicted molar refractivity (Wildman–Crippen MR) is 111 cm³/mol. The molecule has 0 saturated heterocycles. The van der Waals surface area contributed by atoms with Crippen LogP contribution in [0.25, 0.3) is 0 Å². The first-order valence-corrected chi connectivity index (χ1v) is 13.5. The fourth-order valence-electron chi connectivity index (χ4n) is 9.98. The molecule has 0 aliphatic heterocycles. The molecule has 0 spiro atoms. The first-order chi connectivity index (χ1) is 12.8. The van der Waals surface area contributed by atoms with Gasteiger partial charge in [-0.2, -0.15) is 0 Å². The zero-order valence-electron chi connectivity index (χ0n) is 16.2. The first kappa shape index (κ1) is 15.8. The van der Waals surface area contributed by atoms with Crippen LogP contribution in [0.15, 0.2) is 24.3 Å². The highest BCUT2D eigenvalue weighted by Crippen LogP contribution is 2.73. The molecule has 9 aliphatic carbocycles. The van der Waals surface area contributed by atoms with E-state index in [1.54, 1.807) is 64.2 Å². The Balaban J connectivity index is 1.27. The van der Waals surface area contributed by atoms with E-state index in [-0.39, 0.29) is 7.92 Å². The van der Waals surface area contributed by atoms with Crippen molar-refractivity contribution in [2.75, 3.05) is 0 Å². The third kappa shape index (κ3) is 2.24. The zero-order valence-corrected chi connectivity index (χ0v) is 17.1. The molecule has 0 aromatic carbocycles. The van der Waals surface area contributed by atoms with Gasteiger partial charge in [0.05, 0.1) is 0 Å². The summed E-state index contributed by atoms with van der Waals surface area (Å²) < 4.78 is 0. The van der Waals surface area contributed by atoms with Gasteiger partial charge in [-0.15, -0.1) is 0 Å². The summed E-state index contributed by atoms with van der Waals surface area (Å²) in [6, 6.07) is 0. The summed E-state index contributed by atoms with van der Waals surface area (Å²) in [4.78, 5) is 0. The average molecular weight is 367 g/mol. The van der Waals surface area contributed by atoms with Gasteiger partial charge >= 0.3 is 0 Å². The molecule has 0 amide bonds. The summed E-state index contributed by atoms with van der Waals surface area (Å²) in [7, 11) is 0.165. The number of hydrogen-bond donors (Lipinski definition) is 0.